The number of nitrogens with one attached hydrogen (secondary N) is 1. The van der Waals surface area contributed by atoms with Gasteiger partial charge in [0.05, 0.1) is 19.1 Å². The Balaban J connectivity index is 2.08. The lowest BCUT2D eigenvalue weighted by Gasteiger charge is -2.28. The molecule has 94 valence electrons. The molecule has 1 aliphatic rings. The molecular weight excluding hydrogens is 226 g/mol. The first-order chi connectivity index (χ1) is 8.79. The van der Waals surface area contributed by atoms with Crippen molar-refractivity contribution in [1.82, 2.24) is 14.9 Å². The zero-order valence-corrected chi connectivity index (χ0v) is 10.7. The summed E-state index contributed by atoms with van der Waals surface area (Å²) in [6.07, 6.45) is 3.82. The smallest absolute Gasteiger partial charge is 0.142 e. The predicted molar refractivity (Wildman–Crippen MR) is 70.5 cm³/mol. The Bertz CT molecular complexity index is 558. The molecule has 0 radical (unpaired) electrons. The normalized spacial score (nSPS) is 15.4. The molecular formula is C14H17N3O. The Morgan fingerprint density at radius 3 is 2.89 bits per heavy atom. The van der Waals surface area contributed by atoms with Crippen molar-refractivity contribution in [2.24, 2.45) is 0 Å². The lowest BCUT2D eigenvalue weighted by molar-refractivity contribution is 0.408. The highest BCUT2D eigenvalue weighted by Crippen LogP contribution is 2.28. The van der Waals surface area contributed by atoms with Gasteiger partial charge >= 0.3 is 0 Å². The third-order valence-corrected chi connectivity index (χ3v) is 3.46. The monoisotopic (exact) mass is 243 g/mol. The van der Waals surface area contributed by atoms with Gasteiger partial charge in [0.2, 0.25) is 0 Å². The van der Waals surface area contributed by atoms with Crippen molar-refractivity contribution in [3.05, 3.63) is 42.0 Å². The maximum atomic E-state index is 5.45. The molecule has 0 aliphatic carbocycles. The van der Waals surface area contributed by atoms with Gasteiger partial charge in [-0.3, -0.25) is 4.57 Å². The fourth-order valence-corrected chi connectivity index (χ4v) is 2.29. The number of benzene rings is 1. The minimum atomic E-state index is 0.553. The van der Waals surface area contributed by atoms with Crippen LogP contribution in [0.25, 0.3) is 5.69 Å². The number of hydrogen-bond acceptors (Lipinski definition) is 3. The molecule has 0 bridgehead atoms. The third-order valence-electron chi connectivity index (χ3n) is 3.46. The quantitative estimate of drug-likeness (QED) is 0.894. The molecule has 18 heavy (non-hydrogen) atoms. The van der Waals surface area contributed by atoms with E-state index in [1.807, 2.05) is 18.6 Å². The van der Waals surface area contributed by atoms with Crippen LogP contribution in [-0.2, 0) is 0 Å². The van der Waals surface area contributed by atoms with Gasteiger partial charge in [0.1, 0.15) is 5.75 Å². The summed E-state index contributed by atoms with van der Waals surface area (Å²) in [5.74, 6) is 1.44. The van der Waals surface area contributed by atoms with Gasteiger partial charge in [-0.25, -0.2) is 4.98 Å². The van der Waals surface area contributed by atoms with Crippen LogP contribution in [0.5, 0.6) is 5.75 Å². The Hall–Kier alpha value is -1.81. The van der Waals surface area contributed by atoms with Crippen LogP contribution in [0.15, 0.2) is 30.7 Å². The Morgan fingerprint density at radius 2 is 2.22 bits per heavy atom. The maximum Gasteiger partial charge on any atom is 0.142 e. The van der Waals surface area contributed by atoms with Crippen molar-refractivity contribution < 1.29 is 4.74 Å². The zero-order valence-electron chi connectivity index (χ0n) is 10.7. The van der Waals surface area contributed by atoms with E-state index in [0.717, 1.165) is 24.5 Å². The Kier molecular flexibility index (Phi) is 2.80. The third kappa shape index (κ3) is 1.78. The molecule has 2 heterocycles. The molecule has 2 aromatic rings. The number of methoxy groups -OCH3 is 1. The lowest BCUT2D eigenvalue weighted by Crippen LogP contribution is -2.40. The SMILES string of the molecule is COc1ccc(C)cc1-n1cncc1C1CNC1. The van der Waals surface area contributed by atoms with Gasteiger partial charge in [-0.05, 0) is 24.6 Å². The van der Waals surface area contributed by atoms with Crippen LogP contribution in [-0.4, -0.2) is 29.8 Å². The fourth-order valence-electron chi connectivity index (χ4n) is 2.29. The summed E-state index contributed by atoms with van der Waals surface area (Å²) in [4.78, 5) is 4.29. The summed E-state index contributed by atoms with van der Waals surface area (Å²) in [5, 5.41) is 3.30. The van der Waals surface area contributed by atoms with E-state index in [4.69, 9.17) is 4.74 Å². The molecule has 4 heteroatoms. The van der Waals surface area contributed by atoms with Crippen molar-refractivity contribution in [3.8, 4) is 11.4 Å². The molecule has 1 aliphatic heterocycles. The van der Waals surface area contributed by atoms with Crippen molar-refractivity contribution >= 4 is 0 Å². The highest BCUT2D eigenvalue weighted by Gasteiger charge is 2.23. The second-order valence-corrected chi connectivity index (χ2v) is 4.72. The summed E-state index contributed by atoms with van der Waals surface area (Å²) in [6.45, 7) is 4.14. The van der Waals surface area contributed by atoms with E-state index in [0.29, 0.717) is 5.92 Å². The van der Waals surface area contributed by atoms with Gasteiger partial charge in [-0.1, -0.05) is 6.07 Å². The number of rotatable bonds is 3. The first kappa shape index (κ1) is 11.3. The van der Waals surface area contributed by atoms with E-state index in [-0.39, 0.29) is 0 Å². The molecule has 0 atom stereocenters. The number of aryl methyl sites for hydroxylation is 1. The highest BCUT2D eigenvalue weighted by atomic mass is 16.5. The predicted octanol–water partition coefficient (Wildman–Crippen LogP) is 1.88. The number of hydrogen-bond donors (Lipinski definition) is 1. The van der Waals surface area contributed by atoms with E-state index < -0.39 is 0 Å². The zero-order chi connectivity index (χ0) is 12.5. The average Bonchev–Trinajstić information content (AvgIpc) is 2.75. The van der Waals surface area contributed by atoms with Gasteiger partial charge in [0, 0.05) is 30.9 Å². The summed E-state index contributed by atoms with van der Waals surface area (Å²) in [5.41, 5.74) is 3.53. The van der Waals surface area contributed by atoms with Gasteiger partial charge < -0.3 is 10.1 Å². The minimum Gasteiger partial charge on any atom is -0.495 e. The van der Waals surface area contributed by atoms with Crippen LogP contribution < -0.4 is 10.1 Å². The van der Waals surface area contributed by atoms with Crippen LogP contribution in [0.3, 0.4) is 0 Å². The molecule has 0 saturated carbocycles. The standard InChI is InChI=1S/C14H17N3O/c1-10-3-4-14(18-2)12(5-10)17-9-16-8-13(17)11-6-15-7-11/h3-5,8-9,11,15H,6-7H2,1-2H3. The molecule has 0 spiro atoms. The largest absolute Gasteiger partial charge is 0.495 e. The van der Waals surface area contributed by atoms with Crippen LogP contribution in [0.1, 0.15) is 17.2 Å². The van der Waals surface area contributed by atoms with Crippen LogP contribution in [0.4, 0.5) is 0 Å². The first-order valence-electron chi connectivity index (χ1n) is 6.17. The topological polar surface area (TPSA) is 39.1 Å². The molecule has 1 N–H and O–H groups in total. The molecule has 0 amide bonds. The number of imidazole rings is 1. The highest BCUT2D eigenvalue weighted by molar-refractivity contribution is 5.50. The Labute approximate surface area is 107 Å². The second-order valence-electron chi connectivity index (χ2n) is 4.72. The van der Waals surface area contributed by atoms with E-state index in [1.165, 1.54) is 11.3 Å². The number of ether oxygens (including phenoxy) is 1. The second kappa shape index (κ2) is 4.46. The van der Waals surface area contributed by atoms with Gasteiger partial charge in [0.25, 0.3) is 0 Å². The van der Waals surface area contributed by atoms with E-state index in [1.54, 1.807) is 7.11 Å². The lowest BCUT2D eigenvalue weighted by atomic mass is 9.99. The summed E-state index contributed by atoms with van der Waals surface area (Å²) >= 11 is 0. The van der Waals surface area contributed by atoms with Crippen molar-refractivity contribution in [1.29, 1.82) is 0 Å². The molecule has 1 saturated heterocycles. The van der Waals surface area contributed by atoms with Gasteiger partial charge in [0.15, 0.2) is 0 Å². The first-order valence-corrected chi connectivity index (χ1v) is 6.17. The average molecular weight is 243 g/mol. The van der Waals surface area contributed by atoms with Crippen LogP contribution in [0.2, 0.25) is 0 Å². The molecule has 0 unspecified atom stereocenters. The Morgan fingerprint density at radius 1 is 1.39 bits per heavy atom. The molecule has 1 fully saturated rings. The molecule has 4 nitrogen and oxygen atoms in total. The van der Waals surface area contributed by atoms with E-state index in [2.05, 4.69) is 33.9 Å². The minimum absolute atomic E-state index is 0.553. The van der Waals surface area contributed by atoms with E-state index >= 15 is 0 Å². The van der Waals surface area contributed by atoms with Crippen LogP contribution >= 0.6 is 0 Å². The number of nitrogens with zero attached hydrogens (tertiary/aromatic N) is 2. The summed E-state index contributed by atoms with van der Waals surface area (Å²) in [6, 6.07) is 6.20. The van der Waals surface area contributed by atoms with Crippen molar-refractivity contribution in [3.63, 3.8) is 0 Å². The van der Waals surface area contributed by atoms with Gasteiger partial charge in [-0.15, -0.1) is 0 Å². The fraction of sp³-hybridized carbons (Fsp3) is 0.357. The maximum absolute atomic E-state index is 5.45. The summed E-state index contributed by atoms with van der Waals surface area (Å²) < 4.78 is 7.58. The summed E-state index contributed by atoms with van der Waals surface area (Å²) in [7, 11) is 1.70. The van der Waals surface area contributed by atoms with E-state index in [9.17, 15) is 0 Å². The van der Waals surface area contributed by atoms with Gasteiger partial charge in [-0.2, -0.15) is 0 Å². The van der Waals surface area contributed by atoms with Crippen LogP contribution in [0, 0.1) is 6.92 Å². The molecule has 1 aromatic heterocycles. The van der Waals surface area contributed by atoms with Crippen molar-refractivity contribution in [2.45, 2.75) is 12.8 Å². The molecule has 3 rings (SSSR count). The molecule has 1 aromatic carbocycles. The van der Waals surface area contributed by atoms with Crippen molar-refractivity contribution in [2.75, 3.05) is 20.2 Å². The number of aromatic nitrogens is 2.